The molecule has 0 aliphatic rings. The van der Waals surface area contributed by atoms with E-state index in [2.05, 4.69) is 9.72 Å². The first-order valence-corrected chi connectivity index (χ1v) is 4.05. The summed E-state index contributed by atoms with van der Waals surface area (Å²) in [6.07, 6.45) is -4.78. The lowest BCUT2D eigenvalue weighted by Gasteiger charge is -2.11. The molecular weight excluding hydrogens is 211 g/mol. The van der Waals surface area contributed by atoms with Crippen molar-refractivity contribution in [3.63, 3.8) is 0 Å². The molecule has 0 aliphatic heterocycles. The van der Waals surface area contributed by atoms with Gasteiger partial charge in [0.05, 0.1) is 5.69 Å². The molecule has 0 saturated carbocycles. The van der Waals surface area contributed by atoms with Crippen LogP contribution < -0.4 is 16.2 Å². The minimum absolute atomic E-state index is 0.00505. The van der Waals surface area contributed by atoms with Gasteiger partial charge in [0, 0.05) is 18.3 Å². The van der Waals surface area contributed by atoms with Gasteiger partial charge in [-0.1, -0.05) is 0 Å². The van der Waals surface area contributed by atoms with Crippen LogP contribution in [0.2, 0.25) is 0 Å². The summed E-state index contributed by atoms with van der Waals surface area (Å²) in [6.45, 7) is 1.63. The van der Waals surface area contributed by atoms with Gasteiger partial charge in [0.2, 0.25) is 5.88 Å². The Kier molecular flexibility index (Phi) is 3.04. The molecule has 1 aromatic rings. The molecule has 84 valence electrons. The first-order valence-electron chi connectivity index (χ1n) is 4.05. The van der Waals surface area contributed by atoms with Crippen molar-refractivity contribution in [2.45, 2.75) is 19.8 Å². The molecule has 7 heteroatoms. The van der Waals surface area contributed by atoms with Gasteiger partial charge in [-0.2, -0.15) is 0 Å². The minimum Gasteiger partial charge on any atom is -0.398 e. The van der Waals surface area contributed by atoms with Gasteiger partial charge >= 0.3 is 6.36 Å². The van der Waals surface area contributed by atoms with Crippen LogP contribution >= 0.6 is 0 Å². The SMILES string of the molecule is Cc1c(N)cc(OC(F)(F)F)nc1CN. The van der Waals surface area contributed by atoms with E-state index in [-0.39, 0.29) is 17.9 Å². The fourth-order valence-electron chi connectivity index (χ4n) is 1.03. The molecule has 0 amide bonds. The van der Waals surface area contributed by atoms with Crippen molar-refractivity contribution in [3.8, 4) is 5.88 Å². The quantitative estimate of drug-likeness (QED) is 0.790. The third-order valence-electron chi connectivity index (χ3n) is 1.80. The molecule has 0 fully saturated rings. The highest BCUT2D eigenvalue weighted by atomic mass is 19.4. The Labute approximate surface area is 84.0 Å². The molecule has 0 saturated heterocycles. The molecule has 0 radical (unpaired) electrons. The number of pyridine rings is 1. The molecule has 1 heterocycles. The van der Waals surface area contributed by atoms with Crippen LogP contribution in [0.3, 0.4) is 0 Å². The number of rotatable bonds is 2. The molecule has 4 nitrogen and oxygen atoms in total. The standard InChI is InChI=1S/C8H10F3N3O/c1-4-5(13)2-7(14-6(4)3-12)15-8(9,10)11/h2H,3,12H2,1H3,(H2,13,14). The maximum Gasteiger partial charge on any atom is 0.574 e. The summed E-state index contributed by atoms with van der Waals surface area (Å²) in [7, 11) is 0. The number of anilines is 1. The van der Waals surface area contributed by atoms with Crippen molar-refractivity contribution in [1.82, 2.24) is 4.98 Å². The van der Waals surface area contributed by atoms with Gasteiger partial charge in [-0.15, -0.1) is 13.2 Å². The largest absolute Gasteiger partial charge is 0.574 e. The van der Waals surface area contributed by atoms with Gasteiger partial charge in [-0.3, -0.25) is 0 Å². The molecule has 1 rings (SSSR count). The zero-order valence-electron chi connectivity index (χ0n) is 7.93. The Hall–Kier alpha value is -1.50. The zero-order chi connectivity index (χ0) is 11.6. The van der Waals surface area contributed by atoms with E-state index >= 15 is 0 Å². The van der Waals surface area contributed by atoms with E-state index in [1.54, 1.807) is 6.92 Å². The van der Waals surface area contributed by atoms with Crippen molar-refractivity contribution in [1.29, 1.82) is 0 Å². The van der Waals surface area contributed by atoms with E-state index in [1.165, 1.54) is 0 Å². The lowest BCUT2D eigenvalue weighted by Crippen LogP contribution is -2.19. The number of alkyl halides is 3. The third kappa shape index (κ3) is 2.98. The molecule has 0 aromatic carbocycles. The number of halogens is 3. The lowest BCUT2D eigenvalue weighted by atomic mass is 10.2. The lowest BCUT2D eigenvalue weighted by molar-refractivity contribution is -0.276. The molecule has 0 aliphatic carbocycles. The van der Waals surface area contributed by atoms with Gasteiger partial charge in [-0.25, -0.2) is 4.98 Å². The summed E-state index contributed by atoms with van der Waals surface area (Å²) in [4.78, 5) is 3.59. The van der Waals surface area contributed by atoms with Crippen molar-refractivity contribution < 1.29 is 17.9 Å². The number of ether oxygens (including phenoxy) is 1. The first-order chi connectivity index (χ1) is 6.83. The fourth-order valence-corrected chi connectivity index (χ4v) is 1.03. The van der Waals surface area contributed by atoms with Gasteiger partial charge in [-0.05, 0) is 12.5 Å². The molecule has 1 aromatic heterocycles. The van der Waals surface area contributed by atoms with Crippen LogP contribution in [0, 0.1) is 6.92 Å². The third-order valence-corrected chi connectivity index (χ3v) is 1.80. The average Bonchev–Trinajstić information content (AvgIpc) is 2.08. The van der Waals surface area contributed by atoms with E-state index in [0.29, 0.717) is 5.56 Å². The smallest absolute Gasteiger partial charge is 0.398 e. The Morgan fingerprint density at radius 2 is 2.07 bits per heavy atom. The van der Waals surface area contributed by atoms with Crippen molar-refractivity contribution in [3.05, 3.63) is 17.3 Å². The molecule has 0 atom stereocenters. The first kappa shape index (κ1) is 11.6. The Morgan fingerprint density at radius 1 is 1.47 bits per heavy atom. The second-order valence-corrected chi connectivity index (χ2v) is 2.87. The van der Waals surface area contributed by atoms with Crippen LogP contribution in [-0.2, 0) is 6.54 Å². The van der Waals surface area contributed by atoms with Crippen LogP contribution in [0.25, 0.3) is 0 Å². The second-order valence-electron chi connectivity index (χ2n) is 2.87. The van der Waals surface area contributed by atoms with E-state index in [9.17, 15) is 13.2 Å². The Bertz CT molecular complexity index is 365. The van der Waals surface area contributed by atoms with Crippen molar-refractivity contribution in [2.75, 3.05) is 5.73 Å². The minimum atomic E-state index is -4.78. The molecule has 15 heavy (non-hydrogen) atoms. The Balaban J connectivity index is 3.06. The maximum absolute atomic E-state index is 11.9. The Morgan fingerprint density at radius 3 is 2.53 bits per heavy atom. The highest BCUT2D eigenvalue weighted by Crippen LogP contribution is 2.25. The number of hydrogen-bond donors (Lipinski definition) is 2. The molecule has 0 spiro atoms. The second kappa shape index (κ2) is 3.93. The monoisotopic (exact) mass is 221 g/mol. The topological polar surface area (TPSA) is 74.2 Å². The van der Waals surface area contributed by atoms with Gasteiger partial charge in [0.15, 0.2) is 0 Å². The summed E-state index contributed by atoms with van der Waals surface area (Å²) in [5.74, 6) is -0.592. The molecular formula is C8H10F3N3O. The number of nitrogens with two attached hydrogens (primary N) is 2. The predicted molar refractivity (Wildman–Crippen MR) is 48.0 cm³/mol. The number of hydrogen-bond acceptors (Lipinski definition) is 4. The van der Waals surface area contributed by atoms with E-state index in [1.807, 2.05) is 0 Å². The van der Waals surface area contributed by atoms with Crippen LogP contribution in [0.5, 0.6) is 5.88 Å². The fraction of sp³-hybridized carbons (Fsp3) is 0.375. The van der Waals surface area contributed by atoms with Crippen LogP contribution in [0.1, 0.15) is 11.3 Å². The van der Waals surface area contributed by atoms with E-state index < -0.39 is 12.2 Å². The number of nitrogens with zero attached hydrogens (tertiary/aromatic N) is 1. The van der Waals surface area contributed by atoms with Crippen LogP contribution in [0.4, 0.5) is 18.9 Å². The molecule has 4 N–H and O–H groups in total. The summed E-state index contributed by atoms with van der Waals surface area (Å²) in [5.41, 5.74) is 11.8. The van der Waals surface area contributed by atoms with Crippen LogP contribution in [-0.4, -0.2) is 11.3 Å². The molecule has 0 bridgehead atoms. The van der Waals surface area contributed by atoms with Crippen molar-refractivity contribution >= 4 is 5.69 Å². The summed E-state index contributed by atoms with van der Waals surface area (Å²) < 4.78 is 39.3. The molecule has 0 unspecified atom stereocenters. The van der Waals surface area contributed by atoms with E-state index in [4.69, 9.17) is 11.5 Å². The van der Waals surface area contributed by atoms with Gasteiger partial charge in [0.25, 0.3) is 0 Å². The predicted octanol–water partition coefficient (Wildman–Crippen LogP) is 1.33. The number of aromatic nitrogens is 1. The number of nitrogen functional groups attached to an aromatic ring is 1. The maximum atomic E-state index is 11.9. The van der Waals surface area contributed by atoms with Crippen molar-refractivity contribution in [2.24, 2.45) is 5.73 Å². The summed E-state index contributed by atoms with van der Waals surface area (Å²) >= 11 is 0. The summed E-state index contributed by atoms with van der Waals surface area (Å²) in [5, 5.41) is 0. The normalized spacial score (nSPS) is 11.5. The van der Waals surface area contributed by atoms with Crippen LogP contribution in [0.15, 0.2) is 6.07 Å². The van der Waals surface area contributed by atoms with Gasteiger partial charge in [0.1, 0.15) is 0 Å². The summed E-state index contributed by atoms with van der Waals surface area (Å²) in [6, 6.07) is 1.02. The van der Waals surface area contributed by atoms with Gasteiger partial charge < -0.3 is 16.2 Å². The zero-order valence-corrected chi connectivity index (χ0v) is 7.93. The average molecular weight is 221 g/mol. The highest BCUT2D eigenvalue weighted by molar-refractivity contribution is 5.50. The highest BCUT2D eigenvalue weighted by Gasteiger charge is 2.32. The van der Waals surface area contributed by atoms with E-state index in [0.717, 1.165) is 6.07 Å².